The van der Waals surface area contributed by atoms with Gasteiger partial charge in [-0.15, -0.1) is 0 Å². The van der Waals surface area contributed by atoms with Crippen molar-refractivity contribution in [3.63, 3.8) is 0 Å². The van der Waals surface area contributed by atoms with Gasteiger partial charge in [-0.25, -0.2) is 9.78 Å². The second kappa shape index (κ2) is 12.7. The molecular weight excluding hydrogens is 532 g/mol. The second-order valence-electron chi connectivity index (χ2n) is 10.3. The summed E-state index contributed by atoms with van der Waals surface area (Å²) in [6.07, 6.45) is 1.71. The number of pyridine rings is 1. The third kappa shape index (κ3) is 6.21. The Morgan fingerprint density at radius 2 is 1.60 bits per heavy atom. The van der Waals surface area contributed by atoms with Crippen molar-refractivity contribution in [3.8, 4) is 11.6 Å². The van der Waals surface area contributed by atoms with Crippen molar-refractivity contribution < 1.29 is 24.2 Å². The zero-order valence-electron chi connectivity index (χ0n) is 24.0. The molecule has 0 aliphatic rings. The van der Waals surface area contributed by atoms with E-state index in [0.29, 0.717) is 35.4 Å². The van der Waals surface area contributed by atoms with Crippen LogP contribution in [0.25, 0.3) is 21.8 Å². The maximum atomic E-state index is 13.4. The van der Waals surface area contributed by atoms with Gasteiger partial charge in [-0.05, 0) is 35.7 Å². The standard InChI is InChI=1S/C33H34N4O5/c1-35(2)33(40)42-32-27(21-38)31-26-18-25(41-22-24-12-8-5-9-13-24)14-15-28(26)37(29(31)19-34-32)20-30(39)36(3)17-16-23-10-6-4-7-11-23/h4-15,18-19,38H,16-17,20-22H2,1-3H3. The highest BCUT2D eigenvalue weighted by molar-refractivity contribution is 6.11. The Morgan fingerprint density at radius 3 is 2.26 bits per heavy atom. The number of aromatic nitrogens is 2. The Bertz CT molecular complexity index is 1700. The van der Waals surface area contributed by atoms with Gasteiger partial charge in [-0.2, -0.15) is 0 Å². The number of hydrogen-bond acceptors (Lipinski definition) is 6. The molecule has 2 amide bonds. The number of amides is 2. The third-order valence-corrected chi connectivity index (χ3v) is 7.19. The van der Waals surface area contributed by atoms with Crippen molar-refractivity contribution in [2.24, 2.45) is 0 Å². The van der Waals surface area contributed by atoms with Gasteiger partial charge in [0, 0.05) is 44.0 Å². The van der Waals surface area contributed by atoms with Gasteiger partial charge in [-0.3, -0.25) is 4.79 Å². The van der Waals surface area contributed by atoms with Crippen LogP contribution in [-0.2, 0) is 31.0 Å². The van der Waals surface area contributed by atoms with E-state index in [4.69, 9.17) is 9.47 Å². The SMILES string of the molecule is CN(C)C(=O)Oc1ncc2c(c1CO)c1cc(OCc3ccccc3)ccc1n2CC(=O)N(C)CCc1ccccc1. The van der Waals surface area contributed by atoms with Crippen molar-refractivity contribution in [3.05, 3.63) is 102 Å². The fourth-order valence-electron chi connectivity index (χ4n) is 4.84. The first-order valence-corrected chi connectivity index (χ1v) is 13.7. The number of nitrogens with zero attached hydrogens (tertiary/aromatic N) is 4. The Labute approximate surface area is 244 Å². The first-order valence-electron chi connectivity index (χ1n) is 13.7. The summed E-state index contributed by atoms with van der Waals surface area (Å²) in [6.45, 7) is 0.608. The molecule has 0 atom stereocenters. The van der Waals surface area contributed by atoms with Crippen molar-refractivity contribution >= 4 is 33.8 Å². The average Bonchev–Trinajstić information content (AvgIpc) is 3.32. The Balaban J connectivity index is 1.52. The lowest BCUT2D eigenvalue weighted by atomic mass is 10.1. The van der Waals surface area contributed by atoms with E-state index in [-0.39, 0.29) is 18.3 Å². The number of fused-ring (bicyclic) bond motifs is 3. The number of hydrogen-bond donors (Lipinski definition) is 1. The monoisotopic (exact) mass is 566 g/mol. The zero-order chi connectivity index (χ0) is 29.6. The van der Waals surface area contributed by atoms with Crippen LogP contribution in [0.3, 0.4) is 0 Å². The minimum absolute atomic E-state index is 0.0182. The number of benzene rings is 3. The van der Waals surface area contributed by atoms with Crippen LogP contribution in [0.4, 0.5) is 4.79 Å². The van der Waals surface area contributed by atoms with Crippen LogP contribution in [-0.4, -0.2) is 64.1 Å². The summed E-state index contributed by atoms with van der Waals surface area (Å²) in [5.41, 5.74) is 3.96. The highest BCUT2D eigenvalue weighted by Crippen LogP contribution is 2.37. The molecule has 5 rings (SSSR count). The van der Waals surface area contributed by atoms with E-state index in [1.807, 2.05) is 83.4 Å². The van der Waals surface area contributed by atoms with Crippen molar-refractivity contribution in [2.75, 3.05) is 27.7 Å². The van der Waals surface area contributed by atoms with Gasteiger partial charge in [0.2, 0.25) is 11.8 Å². The average molecular weight is 567 g/mol. The van der Waals surface area contributed by atoms with E-state index in [9.17, 15) is 14.7 Å². The largest absolute Gasteiger partial charge is 0.489 e. The van der Waals surface area contributed by atoms with Gasteiger partial charge in [-0.1, -0.05) is 60.7 Å². The van der Waals surface area contributed by atoms with Gasteiger partial charge >= 0.3 is 6.09 Å². The van der Waals surface area contributed by atoms with Crippen molar-refractivity contribution in [2.45, 2.75) is 26.2 Å². The van der Waals surface area contributed by atoms with E-state index in [0.717, 1.165) is 28.5 Å². The molecule has 0 saturated heterocycles. The summed E-state index contributed by atoms with van der Waals surface area (Å²) in [4.78, 5) is 33.2. The maximum absolute atomic E-state index is 13.4. The number of aliphatic hydroxyl groups excluding tert-OH is 1. The fourth-order valence-corrected chi connectivity index (χ4v) is 4.84. The van der Waals surface area contributed by atoms with E-state index in [1.165, 1.54) is 4.90 Å². The van der Waals surface area contributed by atoms with Gasteiger partial charge in [0.25, 0.3) is 0 Å². The minimum Gasteiger partial charge on any atom is -0.489 e. The van der Waals surface area contributed by atoms with Crippen LogP contribution in [0.2, 0.25) is 0 Å². The molecule has 42 heavy (non-hydrogen) atoms. The molecule has 2 aromatic heterocycles. The Kier molecular flexibility index (Phi) is 8.68. The normalized spacial score (nSPS) is 11.0. The number of carbonyl (C=O) groups is 2. The molecule has 0 aliphatic heterocycles. The van der Waals surface area contributed by atoms with Crippen LogP contribution in [0, 0.1) is 0 Å². The lowest BCUT2D eigenvalue weighted by Crippen LogP contribution is -2.32. The molecule has 5 aromatic rings. The van der Waals surface area contributed by atoms with Crippen LogP contribution < -0.4 is 9.47 Å². The summed E-state index contributed by atoms with van der Waals surface area (Å²) in [6, 6.07) is 25.6. The molecule has 0 saturated carbocycles. The third-order valence-electron chi connectivity index (χ3n) is 7.19. The van der Waals surface area contributed by atoms with Crippen LogP contribution >= 0.6 is 0 Å². The molecule has 0 aliphatic carbocycles. The summed E-state index contributed by atoms with van der Waals surface area (Å²) in [5, 5.41) is 11.8. The molecule has 0 unspecified atom stereocenters. The molecule has 0 bridgehead atoms. The lowest BCUT2D eigenvalue weighted by molar-refractivity contribution is -0.130. The molecule has 3 aromatic carbocycles. The Morgan fingerprint density at radius 1 is 0.905 bits per heavy atom. The first kappa shape index (κ1) is 28.6. The summed E-state index contributed by atoms with van der Waals surface area (Å²) in [7, 11) is 4.94. The van der Waals surface area contributed by atoms with Gasteiger partial charge in [0.15, 0.2) is 0 Å². The quantitative estimate of drug-likeness (QED) is 0.255. The second-order valence-corrected chi connectivity index (χ2v) is 10.3. The van der Waals surface area contributed by atoms with Crippen LogP contribution in [0.5, 0.6) is 11.6 Å². The number of likely N-dealkylation sites (N-methyl/N-ethyl adjacent to an activating group) is 1. The summed E-state index contributed by atoms with van der Waals surface area (Å²) < 4.78 is 13.5. The Hall–Kier alpha value is -4.89. The summed E-state index contributed by atoms with van der Waals surface area (Å²) >= 11 is 0. The van der Waals surface area contributed by atoms with E-state index in [2.05, 4.69) is 4.98 Å². The predicted octanol–water partition coefficient (Wildman–Crippen LogP) is 5.02. The predicted molar refractivity (Wildman–Crippen MR) is 161 cm³/mol. The maximum Gasteiger partial charge on any atom is 0.416 e. The van der Waals surface area contributed by atoms with Crippen molar-refractivity contribution in [1.82, 2.24) is 19.4 Å². The molecule has 9 heteroatoms. The number of carbonyl (C=O) groups excluding carboxylic acids is 2. The van der Waals surface area contributed by atoms with Crippen molar-refractivity contribution in [1.29, 1.82) is 0 Å². The highest BCUT2D eigenvalue weighted by atomic mass is 16.6. The van der Waals surface area contributed by atoms with E-state index < -0.39 is 12.7 Å². The van der Waals surface area contributed by atoms with Gasteiger partial charge in [0.05, 0.1) is 23.9 Å². The van der Waals surface area contributed by atoms with E-state index >= 15 is 0 Å². The zero-order valence-corrected chi connectivity index (χ0v) is 24.0. The first-order chi connectivity index (χ1) is 20.4. The number of aliphatic hydroxyl groups is 1. The van der Waals surface area contributed by atoms with Crippen LogP contribution in [0.15, 0.2) is 85.1 Å². The van der Waals surface area contributed by atoms with E-state index in [1.54, 1.807) is 32.2 Å². The molecule has 0 spiro atoms. The molecule has 0 radical (unpaired) electrons. The minimum atomic E-state index is -0.609. The number of ether oxygens (including phenoxy) is 2. The molecule has 1 N–H and O–H groups in total. The molecular formula is C33H34N4O5. The lowest BCUT2D eigenvalue weighted by Gasteiger charge is -2.18. The molecule has 216 valence electrons. The topological polar surface area (TPSA) is 97.1 Å². The van der Waals surface area contributed by atoms with Gasteiger partial charge < -0.3 is 28.9 Å². The van der Waals surface area contributed by atoms with Crippen LogP contribution in [0.1, 0.15) is 16.7 Å². The molecule has 9 nitrogen and oxygen atoms in total. The highest BCUT2D eigenvalue weighted by Gasteiger charge is 2.23. The number of rotatable bonds is 10. The molecule has 0 fully saturated rings. The molecule has 2 heterocycles. The fraction of sp³-hybridized carbons (Fsp3) is 0.242. The van der Waals surface area contributed by atoms with Gasteiger partial charge in [0.1, 0.15) is 18.9 Å². The smallest absolute Gasteiger partial charge is 0.416 e. The summed E-state index contributed by atoms with van der Waals surface area (Å²) in [5.74, 6) is 0.580.